The van der Waals surface area contributed by atoms with Crippen LogP contribution < -0.4 is 10.5 Å². The van der Waals surface area contributed by atoms with Crippen LogP contribution in [0.4, 0.5) is 5.69 Å². The SMILES string of the molecule is CCOc1ccc(N)cc1Cn1cnc2ccccc21. The summed E-state index contributed by atoms with van der Waals surface area (Å²) in [5, 5.41) is 0. The average molecular weight is 267 g/mol. The molecule has 2 aromatic carbocycles. The maximum absolute atomic E-state index is 5.88. The van der Waals surface area contributed by atoms with E-state index in [1.54, 1.807) is 0 Å². The first kappa shape index (κ1) is 12.5. The van der Waals surface area contributed by atoms with Gasteiger partial charge in [-0.15, -0.1) is 0 Å². The highest BCUT2D eigenvalue weighted by atomic mass is 16.5. The lowest BCUT2D eigenvalue weighted by molar-refractivity contribution is 0.336. The molecule has 0 aliphatic rings. The van der Waals surface area contributed by atoms with Gasteiger partial charge in [-0.25, -0.2) is 4.98 Å². The lowest BCUT2D eigenvalue weighted by Crippen LogP contribution is -2.03. The Morgan fingerprint density at radius 1 is 1.20 bits per heavy atom. The highest BCUT2D eigenvalue weighted by Crippen LogP contribution is 2.24. The van der Waals surface area contributed by atoms with Crippen LogP contribution in [0.15, 0.2) is 48.8 Å². The first-order valence-electron chi connectivity index (χ1n) is 6.69. The third-order valence-corrected chi connectivity index (χ3v) is 3.25. The summed E-state index contributed by atoms with van der Waals surface area (Å²) in [7, 11) is 0. The molecular formula is C16H17N3O. The normalized spacial score (nSPS) is 10.8. The van der Waals surface area contributed by atoms with Crippen molar-refractivity contribution in [2.75, 3.05) is 12.3 Å². The molecule has 1 heterocycles. The predicted molar refractivity (Wildman–Crippen MR) is 80.9 cm³/mol. The molecule has 0 radical (unpaired) electrons. The monoisotopic (exact) mass is 267 g/mol. The topological polar surface area (TPSA) is 53.1 Å². The van der Waals surface area contributed by atoms with Crippen molar-refractivity contribution in [3.63, 3.8) is 0 Å². The van der Waals surface area contributed by atoms with Gasteiger partial charge < -0.3 is 15.0 Å². The average Bonchev–Trinajstić information content (AvgIpc) is 2.86. The number of hydrogen-bond acceptors (Lipinski definition) is 3. The highest BCUT2D eigenvalue weighted by molar-refractivity contribution is 5.75. The van der Waals surface area contributed by atoms with Crippen LogP contribution >= 0.6 is 0 Å². The first-order chi connectivity index (χ1) is 9.78. The molecule has 0 bridgehead atoms. The Hall–Kier alpha value is -2.49. The van der Waals surface area contributed by atoms with Crippen LogP contribution in [0, 0.1) is 0 Å². The Bertz CT molecular complexity index is 733. The Balaban J connectivity index is 2.00. The molecule has 102 valence electrons. The number of aromatic nitrogens is 2. The van der Waals surface area contributed by atoms with Gasteiger partial charge in [0.1, 0.15) is 5.75 Å². The van der Waals surface area contributed by atoms with E-state index in [4.69, 9.17) is 10.5 Å². The van der Waals surface area contributed by atoms with Crippen LogP contribution in [-0.4, -0.2) is 16.2 Å². The van der Waals surface area contributed by atoms with Gasteiger partial charge >= 0.3 is 0 Å². The van der Waals surface area contributed by atoms with E-state index in [9.17, 15) is 0 Å². The summed E-state index contributed by atoms with van der Waals surface area (Å²) in [6.45, 7) is 3.31. The van der Waals surface area contributed by atoms with Crippen LogP contribution in [0.2, 0.25) is 0 Å². The van der Waals surface area contributed by atoms with Crippen LogP contribution in [0.5, 0.6) is 5.75 Å². The Morgan fingerprint density at radius 2 is 2.05 bits per heavy atom. The maximum Gasteiger partial charge on any atom is 0.124 e. The number of nitrogens with zero attached hydrogens (tertiary/aromatic N) is 2. The second kappa shape index (κ2) is 5.25. The number of nitrogen functional groups attached to an aromatic ring is 1. The smallest absolute Gasteiger partial charge is 0.124 e. The largest absolute Gasteiger partial charge is 0.494 e. The lowest BCUT2D eigenvalue weighted by atomic mass is 10.1. The summed E-state index contributed by atoms with van der Waals surface area (Å²) in [4.78, 5) is 4.40. The summed E-state index contributed by atoms with van der Waals surface area (Å²) in [6, 6.07) is 13.8. The van der Waals surface area contributed by atoms with Crippen molar-refractivity contribution in [3.05, 3.63) is 54.4 Å². The van der Waals surface area contributed by atoms with E-state index in [2.05, 4.69) is 15.6 Å². The van der Waals surface area contributed by atoms with Gasteiger partial charge in [-0.2, -0.15) is 0 Å². The number of fused-ring (bicyclic) bond motifs is 1. The van der Waals surface area contributed by atoms with E-state index in [0.717, 1.165) is 28.0 Å². The van der Waals surface area contributed by atoms with Crippen molar-refractivity contribution in [2.24, 2.45) is 0 Å². The van der Waals surface area contributed by atoms with E-state index >= 15 is 0 Å². The molecule has 0 saturated carbocycles. The molecule has 4 nitrogen and oxygen atoms in total. The third kappa shape index (κ3) is 2.32. The van der Waals surface area contributed by atoms with E-state index in [-0.39, 0.29) is 0 Å². The summed E-state index contributed by atoms with van der Waals surface area (Å²) in [5.41, 5.74) is 9.80. The molecule has 3 aromatic rings. The van der Waals surface area contributed by atoms with Crippen molar-refractivity contribution in [2.45, 2.75) is 13.5 Å². The number of rotatable bonds is 4. The number of benzene rings is 2. The zero-order chi connectivity index (χ0) is 13.9. The maximum atomic E-state index is 5.88. The molecule has 3 rings (SSSR count). The molecule has 0 fully saturated rings. The van der Waals surface area contributed by atoms with Gasteiger partial charge in [0.15, 0.2) is 0 Å². The summed E-state index contributed by atoms with van der Waals surface area (Å²) in [6.07, 6.45) is 1.85. The Morgan fingerprint density at radius 3 is 2.90 bits per heavy atom. The summed E-state index contributed by atoms with van der Waals surface area (Å²) < 4.78 is 7.77. The quantitative estimate of drug-likeness (QED) is 0.739. The van der Waals surface area contributed by atoms with E-state index in [1.165, 1.54) is 0 Å². The molecule has 0 aliphatic carbocycles. The van der Waals surface area contributed by atoms with Crippen molar-refractivity contribution < 1.29 is 4.74 Å². The Labute approximate surface area is 117 Å². The van der Waals surface area contributed by atoms with Gasteiger partial charge in [-0.3, -0.25) is 0 Å². The molecule has 0 atom stereocenters. The van der Waals surface area contributed by atoms with Crippen LogP contribution in [-0.2, 0) is 6.54 Å². The van der Waals surface area contributed by atoms with Gasteiger partial charge in [0, 0.05) is 11.3 Å². The molecule has 0 aliphatic heterocycles. The summed E-state index contributed by atoms with van der Waals surface area (Å²) in [5.74, 6) is 0.875. The third-order valence-electron chi connectivity index (χ3n) is 3.25. The fraction of sp³-hybridized carbons (Fsp3) is 0.188. The molecule has 20 heavy (non-hydrogen) atoms. The predicted octanol–water partition coefficient (Wildman–Crippen LogP) is 3.07. The number of imidazole rings is 1. The number of hydrogen-bond donors (Lipinski definition) is 1. The number of nitrogens with two attached hydrogens (primary N) is 1. The second-order valence-corrected chi connectivity index (χ2v) is 4.66. The zero-order valence-corrected chi connectivity index (χ0v) is 11.4. The highest BCUT2D eigenvalue weighted by Gasteiger charge is 2.07. The number of para-hydroxylation sites is 2. The van der Waals surface area contributed by atoms with Gasteiger partial charge in [-0.05, 0) is 37.3 Å². The standard InChI is InChI=1S/C16H17N3O/c1-2-20-16-8-7-13(17)9-12(16)10-19-11-18-14-5-3-4-6-15(14)19/h3-9,11H,2,10,17H2,1H3. The molecule has 1 aromatic heterocycles. The molecule has 4 heteroatoms. The molecule has 0 spiro atoms. The minimum absolute atomic E-state index is 0.640. The van der Waals surface area contributed by atoms with Crippen LogP contribution in [0.25, 0.3) is 11.0 Å². The fourth-order valence-corrected chi connectivity index (χ4v) is 2.34. The van der Waals surface area contributed by atoms with Crippen molar-refractivity contribution in [3.8, 4) is 5.75 Å². The van der Waals surface area contributed by atoms with Gasteiger partial charge in [0.05, 0.1) is 30.5 Å². The van der Waals surface area contributed by atoms with Gasteiger partial charge in [0.25, 0.3) is 0 Å². The Kier molecular flexibility index (Phi) is 3.29. The first-order valence-corrected chi connectivity index (χ1v) is 6.69. The minimum Gasteiger partial charge on any atom is -0.494 e. The second-order valence-electron chi connectivity index (χ2n) is 4.66. The van der Waals surface area contributed by atoms with Gasteiger partial charge in [-0.1, -0.05) is 12.1 Å². The number of ether oxygens (including phenoxy) is 1. The molecule has 0 unspecified atom stereocenters. The minimum atomic E-state index is 0.640. The molecular weight excluding hydrogens is 250 g/mol. The van der Waals surface area contributed by atoms with Crippen LogP contribution in [0.3, 0.4) is 0 Å². The van der Waals surface area contributed by atoms with Crippen molar-refractivity contribution in [1.82, 2.24) is 9.55 Å². The van der Waals surface area contributed by atoms with E-state index in [1.807, 2.05) is 49.6 Å². The summed E-state index contributed by atoms with van der Waals surface area (Å²) >= 11 is 0. The van der Waals surface area contributed by atoms with Crippen LogP contribution in [0.1, 0.15) is 12.5 Å². The lowest BCUT2D eigenvalue weighted by Gasteiger charge is -2.12. The zero-order valence-electron chi connectivity index (χ0n) is 11.4. The molecule has 2 N–H and O–H groups in total. The van der Waals surface area contributed by atoms with Crippen molar-refractivity contribution >= 4 is 16.7 Å². The molecule has 0 saturated heterocycles. The van der Waals surface area contributed by atoms with E-state index in [0.29, 0.717) is 13.2 Å². The van der Waals surface area contributed by atoms with Crippen molar-refractivity contribution in [1.29, 1.82) is 0 Å². The van der Waals surface area contributed by atoms with E-state index < -0.39 is 0 Å². The van der Waals surface area contributed by atoms with Gasteiger partial charge in [0.2, 0.25) is 0 Å². The molecule has 0 amide bonds. The number of anilines is 1. The fourth-order valence-electron chi connectivity index (χ4n) is 2.34.